The third-order valence-corrected chi connectivity index (χ3v) is 3.23. The maximum absolute atomic E-state index is 11.5. The van der Waals surface area contributed by atoms with E-state index in [1.807, 2.05) is 26.8 Å². The molecule has 0 radical (unpaired) electrons. The molecule has 1 unspecified atom stereocenters. The lowest BCUT2D eigenvalue weighted by Gasteiger charge is -2.17. The number of hydrogen-bond acceptors (Lipinski definition) is 4. The predicted molar refractivity (Wildman–Crippen MR) is 79.6 cm³/mol. The summed E-state index contributed by atoms with van der Waals surface area (Å²) >= 11 is 0. The van der Waals surface area contributed by atoms with Crippen molar-refractivity contribution in [2.24, 2.45) is 5.73 Å². The smallest absolute Gasteiger partial charge is 0.250 e. The number of amides is 1. The number of nitrogen functional groups attached to an aromatic ring is 1. The maximum atomic E-state index is 11.5. The van der Waals surface area contributed by atoms with Crippen LogP contribution in [-0.4, -0.2) is 5.91 Å². The summed E-state index contributed by atoms with van der Waals surface area (Å²) in [6.45, 7) is 5.82. The molecule has 2 rings (SSSR count). The van der Waals surface area contributed by atoms with Gasteiger partial charge in [0, 0.05) is 16.9 Å². The fourth-order valence-electron chi connectivity index (χ4n) is 2.28. The van der Waals surface area contributed by atoms with Crippen LogP contribution in [0, 0.1) is 13.8 Å². The maximum Gasteiger partial charge on any atom is 0.250 e. The highest BCUT2D eigenvalue weighted by atomic mass is 16.3. The van der Waals surface area contributed by atoms with E-state index < -0.39 is 5.91 Å². The molecule has 1 aromatic carbocycles. The van der Waals surface area contributed by atoms with Crippen molar-refractivity contribution in [3.63, 3.8) is 0 Å². The van der Waals surface area contributed by atoms with Gasteiger partial charge in [-0.1, -0.05) is 0 Å². The van der Waals surface area contributed by atoms with Crippen molar-refractivity contribution in [1.82, 2.24) is 0 Å². The summed E-state index contributed by atoms with van der Waals surface area (Å²) in [5.41, 5.74) is 13.7. The number of nitrogens with two attached hydrogens (primary N) is 2. The lowest BCUT2D eigenvalue weighted by molar-refractivity contribution is 0.100. The molecule has 0 fully saturated rings. The average molecular weight is 273 g/mol. The second kappa shape index (κ2) is 5.28. The van der Waals surface area contributed by atoms with Gasteiger partial charge >= 0.3 is 0 Å². The Bertz CT molecular complexity index is 647. The fourth-order valence-corrected chi connectivity index (χ4v) is 2.28. The Labute approximate surface area is 117 Å². The van der Waals surface area contributed by atoms with Gasteiger partial charge in [0.15, 0.2) is 0 Å². The van der Waals surface area contributed by atoms with E-state index in [0.29, 0.717) is 16.9 Å². The summed E-state index contributed by atoms with van der Waals surface area (Å²) in [7, 11) is 0. The largest absolute Gasteiger partial charge is 0.466 e. The molecule has 1 heterocycles. The zero-order valence-electron chi connectivity index (χ0n) is 11.9. The highest BCUT2D eigenvalue weighted by Crippen LogP contribution is 2.27. The number of carbonyl (C=O) groups excluding carboxylic acids is 1. The summed E-state index contributed by atoms with van der Waals surface area (Å²) in [6.07, 6.45) is 0. The summed E-state index contributed by atoms with van der Waals surface area (Å²) < 4.78 is 5.52. The number of carbonyl (C=O) groups is 1. The lowest BCUT2D eigenvalue weighted by atomic mass is 10.1. The highest BCUT2D eigenvalue weighted by Gasteiger charge is 2.15. The molecule has 1 amide bonds. The summed E-state index contributed by atoms with van der Waals surface area (Å²) in [6, 6.07) is 7.04. The van der Waals surface area contributed by atoms with Gasteiger partial charge in [0.1, 0.15) is 11.5 Å². The molecule has 0 saturated carbocycles. The first kappa shape index (κ1) is 14.0. The molecular weight excluding hydrogens is 254 g/mol. The van der Waals surface area contributed by atoms with Crippen LogP contribution in [0.15, 0.2) is 28.7 Å². The van der Waals surface area contributed by atoms with E-state index >= 15 is 0 Å². The van der Waals surface area contributed by atoms with E-state index in [-0.39, 0.29) is 6.04 Å². The molecule has 0 spiro atoms. The van der Waals surface area contributed by atoms with Crippen LogP contribution in [0.4, 0.5) is 11.4 Å². The molecule has 1 atom stereocenters. The molecule has 5 N–H and O–H groups in total. The molecule has 0 bridgehead atoms. The Morgan fingerprint density at radius 3 is 2.55 bits per heavy atom. The first-order chi connectivity index (χ1) is 9.38. The molecular formula is C15H19N3O2. The van der Waals surface area contributed by atoms with Crippen LogP contribution in [0.1, 0.15) is 40.4 Å². The zero-order valence-corrected chi connectivity index (χ0v) is 11.9. The van der Waals surface area contributed by atoms with E-state index in [0.717, 1.165) is 17.1 Å². The average Bonchev–Trinajstić information content (AvgIpc) is 2.70. The van der Waals surface area contributed by atoms with E-state index in [9.17, 15) is 4.79 Å². The van der Waals surface area contributed by atoms with Crippen molar-refractivity contribution in [2.45, 2.75) is 26.8 Å². The number of aryl methyl sites for hydroxylation is 2. The van der Waals surface area contributed by atoms with E-state index in [1.54, 1.807) is 18.2 Å². The fraction of sp³-hybridized carbons (Fsp3) is 0.267. The molecule has 5 nitrogen and oxygen atoms in total. The Kier molecular flexibility index (Phi) is 3.70. The van der Waals surface area contributed by atoms with Gasteiger partial charge in [0.25, 0.3) is 5.91 Å². The van der Waals surface area contributed by atoms with Crippen molar-refractivity contribution < 1.29 is 9.21 Å². The molecule has 20 heavy (non-hydrogen) atoms. The first-order valence-corrected chi connectivity index (χ1v) is 6.41. The molecule has 1 aromatic heterocycles. The van der Waals surface area contributed by atoms with Crippen LogP contribution >= 0.6 is 0 Å². The predicted octanol–water partition coefficient (Wildman–Crippen LogP) is 2.75. The van der Waals surface area contributed by atoms with E-state index in [1.165, 1.54) is 0 Å². The molecule has 5 heteroatoms. The molecule has 2 aromatic rings. The normalized spacial score (nSPS) is 12.2. The van der Waals surface area contributed by atoms with Gasteiger partial charge in [0.2, 0.25) is 0 Å². The van der Waals surface area contributed by atoms with Gasteiger partial charge in [0.05, 0.1) is 11.6 Å². The van der Waals surface area contributed by atoms with Crippen LogP contribution in [0.25, 0.3) is 0 Å². The van der Waals surface area contributed by atoms with Crippen molar-refractivity contribution in [1.29, 1.82) is 0 Å². The molecule has 0 saturated heterocycles. The van der Waals surface area contributed by atoms with Crippen LogP contribution < -0.4 is 16.8 Å². The Balaban J connectivity index is 2.30. The van der Waals surface area contributed by atoms with Crippen molar-refractivity contribution in [2.75, 3.05) is 11.1 Å². The zero-order chi connectivity index (χ0) is 14.9. The molecule has 0 aliphatic carbocycles. The minimum atomic E-state index is -0.507. The second-order valence-corrected chi connectivity index (χ2v) is 4.90. The van der Waals surface area contributed by atoms with Crippen LogP contribution in [0.2, 0.25) is 0 Å². The second-order valence-electron chi connectivity index (χ2n) is 4.90. The number of rotatable bonds is 4. The number of benzene rings is 1. The van der Waals surface area contributed by atoms with Gasteiger partial charge in [-0.05, 0) is 45.0 Å². The Hall–Kier alpha value is -2.43. The Morgan fingerprint density at radius 2 is 2.00 bits per heavy atom. The van der Waals surface area contributed by atoms with Crippen LogP contribution in [-0.2, 0) is 0 Å². The summed E-state index contributed by atoms with van der Waals surface area (Å²) in [5, 5.41) is 3.27. The standard InChI is InChI=1S/C15H19N3O2/c1-8-6-12(10(3)20-8)9(2)18-14-5-4-11(16)7-13(14)15(17)19/h4-7,9,18H,16H2,1-3H3,(H2,17,19). The van der Waals surface area contributed by atoms with Crippen LogP contribution in [0.5, 0.6) is 0 Å². The third-order valence-electron chi connectivity index (χ3n) is 3.23. The molecule has 106 valence electrons. The van der Waals surface area contributed by atoms with Gasteiger partial charge in [-0.25, -0.2) is 0 Å². The molecule has 0 aliphatic rings. The van der Waals surface area contributed by atoms with Gasteiger partial charge in [-0.15, -0.1) is 0 Å². The Morgan fingerprint density at radius 1 is 1.30 bits per heavy atom. The number of primary amides is 1. The van der Waals surface area contributed by atoms with Crippen LogP contribution in [0.3, 0.4) is 0 Å². The summed E-state index contributed by atoms with van der Waals surface area (Å²) in [4.78, 5) is 11.5. The highest BCUT2D eigenvalue weighted by molar-refractivity contribution is 5.99. The van der Waals surface area contributed by atoms with E-state index in [4.69, 9.17) is 15.9 Å². The number of anilines is 2. The van der Waals surface area contributed by atoms with Crippen molar-refractivity contribution in [3.05, 3.63) is 46.9 Å². The monoisotopic (exact) mass is 273 g/mol. The third kappa shape index (κ3) is 2.77. The number of nitrogens with one attached hydrogen (secondary N) is 1. The topological polar surface area (TPSA) is 94.3 Å². The SMILES string of the molecule is Cc1cc(C(C)Nc2ccc(N)cc2C(N)=O)c(C)o1. The minimum absolute atomic E-state index is 0.00539. The quantitative estimate of drug-likeness (QED) is 0.746. The van der Waals surface area contributed by atoms with Gasteiger partial charge in [-0.2, -0.15) is 0 Å². The van der Waals surface area contributed by atoms with E-state index in [2.05, 4.69) is 5.32 Å². The van der Waals surface area contributed by atoms with Crippen molar-refractivity contribution in [3.8, 4) is 0 Å². The lowest BCUT2D eigenvalue weighted by Crippen LogP contribution is -2.16. The van der Waals surface area contributed by atoms with Crippen molar-refractivity contribution >= 4 is 17.3 Å². The molecule has 0 aliphatic heterocycles. The number of hydrogen-bond donors (Lipinski definition) is 3. The van der Waals surface area contributed by atoms with Gasteiger partial charge < -0.3 is 21.2 Å². The summed E-state index contributed by atoms with van der Waals surface area (Å²) in [5.74, 6) is 1.21. The number of furan rings is 1. The minimum Gasteiger partial charge on any atom is -0.466 e. The first-order valence-electron chi connectivity index (χ1n) is 6.41. The van der Waals surface area contributed by atoms with Gasteiger partial charge in [-0.3, -0.25) is 4.79 Å².